The molecule has 0 N–H and O–H groups in total. The third-order valence-electron chi connectivity index (χ3n) is 3.00. The Morgan fingerprint density at radius 1 is 1.47 bits per heavy atom. The number of esters is 1. The maximum atomic E-state index is 11.4. The lowest BCUT2D eigenvalue weighted by Crippen LogP contribution is -2.00. The van der Waals surface area contributed by atoms with Gasteiger partial charge in [-0.15, -0.1) is 0 Å². The molecular weight excluding hydrogens is 351 g/mol. The number of aryl methyl sites for hydroxylation is 1. The van der Waals surface area contributed by atoms with Crippen LogP contribution in [0, 0.1) is 6.92 Å². The summed E-state index contributed by atoms with van der Waals surface area (Å²) in [5.41, 5.74) is 3.61. The van der Waals surface area contributed by atoms with Gasteiger partial charge in [0.15, 0.2) is 0 Å². The van der Waals surface area contributed by atoms with Gasteiger partial charge in [-0.1, -0.05) is 53.3 Å². The van der Waals surface area contributed by atoms with Gasteiger partial charge in [0.2, 0.25) is 0 Å². The molecule has 0 unspecified atom stereocenters. The highest BCUT2D eigenvalue weighted by molar-refractivity contribution is 14.1. The summed E-state index contributed by atoms with van der Waals surface area (Å²) in [6, 6.07) is 6.41. The molecule has 3 heteroatoms. The Kier molecular flexibility index (Phi) is 7.13. The summed E-state index contributed by atoms with van der Waals surface area (Å²) in [6.07, 6.45) is 4.52. The summed E-state index contributed by atoms with van der Waals surface area (Å²) in [6.45, 7) is 6.51. The van der Waals surface area contributed by atoms with Gasteiger partial charge < -0.3 is 4.74 Å². The molecule has 0 aliphatic carbocycles. The van der Waals surface area contributed by atoms with Crippen molar-refractivity contribution in [2.75, 3.05) is 11.0 Å². The third-order valence-corrected chi connectivity index (χ3v) is 3.62. The lowest BCUT2D eigenvalue weighted by molar-refractivity contribution is -0.137. The minimum absolute atomic E-state index is 0.281. The van der Waals surface area contributed by atoms with E-state index in [1.807, 2.05) is 13.0 Å². The van der Waals surface area contributed by atoms with E-state index in [-0.39, 0.29) is 5.97 Å². The van der Waals surface area contributed by atoms with Gasteiger partial charge in [0.1, 0.15) is 0 Å². The summed E-state index contributed by atoms with van der Waals surface area (Å²) >= 11 is 2.40. The SMILES string of the molecule is CCOC(=O)/C=C/c1cc(C)ccc1[C@@H](C)CCI. The molecule has 19 heavy (non-hydrogen) atoms. The van der Waals surface area contributed by atoms with E-state index in [1.165, 1.54) is 17.2 Å². The van der Waals surface area contributed by atoms with E-state index < -0.39 is 0 Å². The Balaban J connectivity index is 2.97. The van der Waals surface area contributed by atoms with Crippen LogP contribution >= 0.6 is 22.6 Å². The number of hydrogen-bond donors (Lipinski definition) is 0. The number of rotatable bonds is 6. The smallest absolute Gasteiger partial charge is 0.330 e. The first kappa shape index (κ1) is 16.2. The minimum atomic E-state index is -0.281. The predicted molar refractivity (Wildman–Crippen MR) is 88.8 cm³/mol. The molecule has 0 aromatic heterocycles. The van der Waals surface area contributed by atoms with Gasteiger partial charge in [0.05, 0.1) is 6.61 Å². The Morgan fingerprint density at radius 2 is 2.21 bits per heavy atom. The van der Waals surface area contributed by atoms with Crippen LogP contribution in [0.15, 0.2) is 24.3 Å². The van der Waals surface area contributed by atoms with Crippen molar-refractivity contribution in [3.63, 3.8) is 0 Å². The van der Waals surface area contributed by atoms with Crippen molar-refractivity contribution in [1.82, 2.24) is 0 Å². The molecule has 1 aromatic carbocycles. The maximum Gasteiger partial charge on any atom is 0.330 e. The Bertz CT molecular complexity index is 452. The largest absolute Gasteiger partial charge is 0.463 e. The van der Waals surface area contributed by atoms with Crippen molar-refractivity contribution in [3.8, 4) is 0 Å². The molecule has 0 saturated carbocycles. The molecule has 1 rings (SSSR count). The van der Waals surface area contributed by atoms with Crippen LogP contribution in [0.5, 0.6) is 0 Å². The fourth-order valence-corrected chi connectivity index (χ4v) is 2.89. The summed E-state index contributed by atoms with van der Waals surface area (Å²) in [4.78, 5) is 11.4. The zero-order chi connectivity index (χ0) is 14.3. The van der Waals surface area contributed by atoms with Crippen LogP contribution in [-0.2, 0) is 9.53 Å². The number of halogens is 1. The maximum absolute atomic E-state index is 11.4. The molecule has 0 heterocycles. The first-order chi connectivity index (χ1) is 9.08. The normalized spacial score (nSPS) is 12.6. The molecule has 0 bridgehead atoms. The number of carbonyl (C=O) groups excluding carboxylic acids is 1. The Hall–Kier alpha value is -0.840. The molecule has 0 saturated heterocycles. The second-order valence-electron chi connectivity index (χ2n) is 4.60. The van der Waals surface area contributed by atoms with E-state index in [0.29, 0.717) is 12.5 Å². The van der Waals surface area contributed by atoms with Crippen LogP contribution in [0.3, 0.4) is 0 Å². The number of hydrogen-bond acceptors (Lipinski definition) is 2. The van der Waals surface area contributed by atoms with Crippen molar-refractivity contribution in [3.05, 3.63) is 41.0 Å². The van der Waals surface area contributed by atoms with Crippen LogP contribution in [0.4, 0.5) is 0 Å². The van der Waals surface area contributed by atoms with Crippen LogP contribution in [0.25, 0.3) is 6.08 Å². The predicted octanol–water partition coefficient (Wildman–Crippen LogP) is 4.50. The van der Waals surface area contributed by atoms with Crippen molar-refractivity contribution in [2.45, 2.75) is 33.1 Å². The van der Waals surface area contributed by atoms with Crippen LogP contribution in [0.1, 0.15) is 42.9 Å². The molecule has 0 fully saturated rings. The fourth-order valence-electron chi connectivity index (χ4n) is 1.95. The van der Waals surface area contributed by atoms with Crippen molar-refractivity contribution < 1.29 is 9.53 Å². The van der Waals surface area contributed by atoms with Gasteiger partial charge in [-0.25, -0.2) is 4.79 Å². The minimum Gasteiger partial charge on any atom is -0.463 e. The van der Waals surface area contributed by atoms with E-state index in [0.717, 1.165) is 16.4 Å². The van der Waals surface area contributed by atoms with E-state index in [4.69, 9.17) is 4.74 Å². The average Bonchev–Trinajstić information content (AvgIpc) is 2.37. The fraction of sp³-hybridized carbons (Fsp3) is 0.438. The highest BCUT2D eigenvalue weighted by Crippen LogP contribution is 2.25. The zero-order valence-corrected chi connectivity index (χ0v) is 13.9. The van der Waals surface area contributed by atoms with Crippen LogP contribution < -0.4 is 0 Å². The first-order valence-electron chi connectivity index (χ1n) is 6.59. The Morgan fingerprint density at radius 3 is 2.84 bits per heavy atom. The topological polar surface area (TPSA) is 26.3 Å². The Labute approximate surface area is 129 Å². The van der Waals surface area contributed by atoms with Gasteiger partial charge in [-0.3, -0.25) is 0 Å². The zero-order valence-electron chi connectivity index (χ0n) is 11.8. The third kappa shape index (κ3) is 5.35. The number of ether oxygens (including phenoxy) is 1. The molecule has 1 aromatic rings. The number of benzene rings is 1. The van der Waals surface area contributed by atoms with E-state index in [2.05, 4.69) is 54.6 Å². The monoisotopic (exact) mass is 372 g/mol. The second-order valence-corrected chi connectivity index (χ2v) is 5.68. The number of alkyl halides is 1. The van der Waals surface area contributed by atoms with Crippen molar-refractivity contribution in [1.29, 1.82) is 0 Å². The molecule has 2 nitrogen and oxygen atoms in total. The van der Waals surface area contributed by atoms with Gasteiger partial charge >= 0.3 is 5.97 Å². The van der Waals surface area contributed by atoms with Crippen LogP contribution in [0.2, 0.25) is 0 Å². The highest BCUT2D eigenvalue weighted by atomic mass is 127. The molecule has 0 radical (unpaired) electrons. The van der Waals surface area contributed by atoms with E-state index in [9.17, 15) is 4.79 Å². The molecule has 0 spiro atoms. The van der Waals surface area contributed by atoms with Crippen molar-refractivity contribution >= 4 is 34.6 Å². The van der Waals surface area contributed by atoms with Gasteiger partial charge in [0.25, 0.3) is 0 Å². The van der Waals surface area contributed by atoms with Gasteiger partial charge in [-0.2, -0.15) is 0 Å². The molecule has 104 valence electrons. The molecule has 0 aliphatic rings. The number of carbonyl (C=O) groups is 1. The van der Waals surface area contributed by atoms with Gasteiger partial charge in [-0.05, 0) is 43.4 Å². The average molecular weight is 372 g/mol. The van der Waals surface area contributed by atoms with E-state index in [1.54, 1.807) is 0 Å². The summed E-state index contributed by atoms with van der Waals surface area (Å²) < 4.78 is 6.05. The highest BCUT2D eigenvalue weighted by Gasteiger charge is 2.09. The molecular formula is C16H21IO2. The van der Waals surface area contributed by atoms with Crippen molar-refractivity contribution in [2.24, 2.45) is 0 Å². The lowest BCUT2D eigenvalue weighted by Gasteiger charge is -2.14. The summed E-state index contributed by atoms with van der Waals surface area (Å²) in [7, 11) is 0. The first-order valence-corrected chi connectivity index (χ1v) is 8.12. The molecule has 1 atom stereocenters. The van der Waals surface area contributed by atoms with Crippen LogP contribution in [-0.4, -0.2) is 17.0 Å². The second kappa shape index (κ2) is 8.35. The molecule has 0 aliphatic heterocycles. The quantitative estimate of drug-likeness (QED) is 0.318. The summed E-state index contributed by atoms with van der Waals surface area (Å²) in [5.74, 6) is 0.218. The lowest BCUT2D eigenvalue weighted by atomic mass is 9.92. The standard InChI is InChI=1S/C16H21IO2/c1-4-19-16(18)8-6-14-11-12(2)5-7-15(14)13(3)9-10-17/h5-8,11,13H,4,9-10H2,1-3H3/b8-6+/t13-/m0/s1. The molecule has 0 amide bonds. The summed E-state index contributed by atoms with van der Waals surface area (Å²) in [5, 5.41) is 0. The van der Waals surface area contributed by atoms with Gasteiger partial charge in [0, 0.05) is 10.5 Å². The van der Waals surface area contributed by atoms with E-state index >= 15 is 0 Å².